The molecule has 9 rings (SSSR count). The molecule has 46 heavy (non-hydrogen) atoms. The molecule has 2 N–H and O–H groups in total. The van der Waals surface area contributed by atoms with Crippen molar-refractivity contribution in [3.63, 3.8) is 0 Å². The van der Waals surface area contributed by atoms with E-state index in [0.717, 1.165) is 11.1 Å². The lowest BCUT2D eigenvalue weighted by Gasteiger charge is -2.16. The average Bonchev–Trinajstić information content (AvgIpc) is 3.73. The van der Waals surface area contributed by atoms with Crippen LogP contribution in [0.4, 0.5) is 11.6 Å². The summed E-state index contributed by atoms with van der Waals surface area (Å²) in [7, 11) is 0. The van der Waals surface area contributed by atoms with Gasteiger partial charge in [0.1, 0.15) is 11.6 Å². The second-order valence-electron chi connectivity index (χ2n) is 10.9. The number of benzene rings is 4. The first-order valence-corrected chi connectivity index (χ1v) is 15.8. The second kappa shape index (κ2) is 9.80. The number of aromatic nitrogens is 3. The van der Waals surface area contributed by atoms with Crippen LogP contribution in [0.1, 0.15) is 52.6 Å². The van der Waals surface area contributed by atoms with E-state index in [4.69, 9.17) is 0 Å². The summed E-state index contributed by atoms with van der Waals surface area (Å²) in [6.45, 7) is 0. The Labute approximate surface area is 267 Å². The summed E-state index contributed by atoms with van der Waals surface area (Å²) in [6, 6.07) is 26.2. The quantitative estimate of drug-likeness (QED) is 0.209. The number of ketones is 2. The van der Waals surface area contributed by atoms with E-state index in [1.54, 1.807) is 54.6 Å². The molecule has 0 unspecified atom stereocenters. The van der Waals surface area contributed by atoms with E-state index in [2.05, 4.69) is 24.4 Å². The maximum Gasteiger partial charge on any atom is 0.258 e. The predicted octanol–water partition coefficient (Wildman–Crippen LogP) is 7.23. The highest BCUT2D eigenvalue weighted by Crippen LogP contribution is 2.43. The number of hydrogen-bond donors (Lipinski definition) is 2. The molecule has 0 saturated carbocycles. The van der Waals surface area contributed by atoms with Gasteiger partial charge in [-0.15, -0.1) is 0 Å². The summed E-state index contributed by atoms with van der Waals surface area (Å²) in [6.07, 6.45) is 0. The molecular formula is C35H17N5O4S2. The third-order valence-electron chi connectivity index (χ3n) is 8.31. The van der Waals surface area contributed by atoms with Gasteiger partial charge in [0.15, 0.2) is 11.6 Å². The Bertz CT molecular complexity index is 2360. The molecule has 0 aliphatic heterocycles. The van der Waals surface area contributed by atoms with E-state index < -0.39 is 11.8 Å². The Morgan fingerprint density at radius 2 is 0.935 bits per heavy atom. The van der Waals surface area contributed by atoms with E-state index in [-0.39, 0.29) is 23.2 Å². The normalized spacial score (nSPS) is 12.6. The summed E-state index contributed by atoms with van der Waals surface area (Å²) in [5.41, 5.74) is 5.86. The first kappa shape index (κ1) is 26.5. The van der Waals surface area contributed by atoms with Gasteiger partial charge in [0.05, 0.1) is 31.9 Å². The van der Waals surface area contributed by atoms with Gasteiger partial charge in [-0.3, -0.25) is 19.2 Å². The zero-order valence-corrected chi connectivity index (χ0v) is 25.1. The highest BCUT2D eigenvalue weighted by molar-refractivity contribution is 7.14. The van der Waals surface area contributed by atoms with E-state index >= 15 is 0 Å². The van der Waals surface area contributed by atoms with Gasteiger partial charge in [-0.2, -0.15) is 8.75 Å². The van der Waals surface area contributed by atoms with Gasteiger partial charge in [0, 0.05) is 44.2 Å². The minimum atomic E-state index is -0.419. The molecule has 7 aromatic rings. The zero-order chi connectivity index (χ0) is 31.1. The van der Waals surface area contributed by atoms with Crippen molar-refractivity contribution in [2.75, 3.05) is 10.6 Å². The van der Waals surface area contributed by atoms with Crippen molar-refractivity contribution in [2.45, 2.75) is 0 Å². The lowest BCUT2D eigenvalue weighted by molar-refractivity contribution is 0.102. The molecule has 2 amide bonds. The van der Waals surface area contributed by atoms with E-state index in [9.17, 15) is 19.2 Å². The SMILES string of the molecule is O=C(Nc1cccc(NC(=O)c2ccc3c4c(nsc24)-c2ccccc2C3=O)n1)c1ccc2c3c(nsc13)-c1ccccc1C2=O. The molecule has 4 aromatic carbocycles. The molecule has 0 atom stereocenters. The lowest BCUT2D eigenvalue weighted by Crippen LogP contribution is -2.17. The fraction of sp³-hybridized carbons (Fsp3) is 0. The molecule has 0 bridgehead atoms. The molecular weight excluding hydrogens is 619 g/mol. The first-order chi connectivity index (χ1) is 22.5. The topological polar surface area (TPSA) is 131 Å². The standard InChI is InChI=1S/C35H17N5O4S2/c41-30-18-8-3-1-6-16(18)28-26-20(30)12-14-22(32(26)45-39-28)34(43)37-24-10-5-11-25(36-24)38-35(44)23-15-13-21-27-29(40-46-33(23)27)17-7-2-4-9-19(17)31(21)42/h1-15H,(H2,36,37,38,43,44). The van der Waals surface area contributed by atoms with Crippen LogP contribution in [-0.4, -0.2) is 37.1 Å². The third kappa shape index (κ3) is 3.76. The van der Waals surface area contributed by atoms with Crippen molar-refractivity contribution in [1.82, 2.24) is 13.7 Å². The van der Waals surface area contributed by atoms with Gasteiger partial charge in [0.2, 0.25) is 0 Å². The molecule has 218 valence electrons. The number of anilines is 2. The van der Waals surface area contributed by atoms with Gasteiger partial charge in [0.25, 0.3) is 11.8 Å². The fourth-order valence-corrected chi connectivity index (χ4v) is 8.07. The van der Waals surface area contributed by atoms with Gasteiger partial charge in [-0.1, -0.05) is 54.6 Å². The van der Waals surface area contributed by atoms with Crippen molar-refractivity contribution in [1.29, 1.82) is 0 Å². The van der Waals surface area contributed by atoms with Crippen molar-refractivity contribution >= 4 is 78.3 Å². The molecule has 3 aromatic heterocycles. The number of carbonyl (C=O) groups excluding carboxylic acids is 4. The number of nitrogens with one attached hydrogen (secondary N) is 2. The molecule has 0 saturated heterocycles. The van der Waals surface area contributed by atoms with Crippen LogP contribution in [0.15, 0.2) is 91.0 Å². The molecule has 9 nitrogen and oxygen atoms in total. The van der Waals surface area contributed by atoms with Crippen molar-refractivity contribution in [3.8, 4) is 22.5 Å². The maximum absolute atomic E-state index is 13.5. The largest absolute Gasteiger partial charge is 0.306 e. The van der Waals surface area contributed by atoms with Crippen molar-refractivity contribution in [2.24, 2.45) is 0 Å². The molecule has 0 spiro atoms. The summed E-state index contributed by atoms with van der Waals surface area (Å²) < 4.78 is 10.4. The number of rotatable bonds is 4. The molecule has 0 radical (unpaired) electrons. The van der Waals surface area contributed by atoms with Crippen LogP contribution in [0.25, 0.3) is 42.7 Å². The Morgan fingerprint density at radius 3 is 1.39 bits per heavy atom. The second-order valence-corrected chi connectivity index (χ2v) is 12.4. The predicted molar refractivity (Wildman–Crippen MR) is 177 cm³/mol. The summed E-state index contributed by atoms with van der Waals surface area (Å²) in [5, 5.41) is 6.97. The van der Waals surface area contributed by atoms with E-state index in [0.29, 0.717) is 64.9 Å². The summed E-state index contributed by atoms with van der Waals surface area (Å²) in [4.78, 5) is 57.8. The van der Waals surface area contributed by atoms with Crippen LogP contribution >= 0.6 is 23.1 Å². The highest BCUT2D eigenvalue weighted by Gasteiger charge is 2.31. The smallest absolute Gasteiger partial charge is 0.258 e. The number of carbonyl (C=O) groups is 4. The molecule has 3 heterocycles. The average molecular weight is 636 g/mol. The molecule has 11 heteroatoms. The maximum atomic E-state index is 13.5. The number of pyridine rings is 1. The van der Waals surface area contributed by atoms with Gasteiger partial charge >= 0.3 is 0 Å². The Kier molecular flexibility index (Phi) is 5.64. The lowest BCUT2D eigenvalue weighted by atomic mass is 9.87. The van der Waals surface area contributed by atoms with Crippen molar-refractivity contribution < 1.29 is 19.2 Å². The Hall–Kier alpha value is -5.91. The van der Waals surface area contributed by atoms with Crippen LogP contribution < -0.4 is 10.6 Å². The van der Waals surface area contributed by atoms with Gasteiger partial charge in [-0.25, -0.2) is 4.98 Å². The number of nitrogens with zero attached hydrogens (tertiary/aromatic N) is 3. The Balaban J connectivity index is 0.999. The molecule has 2 aliphatic rings. The summed E-state index contributed by atoms with van der Waals surface area (Å²) >= 11 is 2.35. The summed E-state index contributed by atoms with van der Waals surface area (Å²) in [5.74, 6) is -0.567. The number of amides is 2. The van der Waals surface area contributed by atoms with Gasteiger partial charge in [-0.05, 0) is 59.5 Å². The van der Waals surface area contributed by atoms with Crippen LogP contribution in [0.3, 0.4) is 0 Å². The van der Waals surface area contributed by atoms with Crippen LogP contribution in [0.2, 0.25) is 0 Å². The van der Waals surface area contributed by atoms with Gasteiger partial charge < -0.3 is 10.6 Å². The molecule has 0 fully saturated rings. The minimum absolute atomic E-state index is 0.0968. The highest BCUT2D eigenvalue weighted by atomic mass is 32.1. The van der Waals surface area contributed by atoms with Crippen LogP contribution in [-0.2, 0) is 0 Å². The zero-order valence-electron chi connectivity index (χ0n) is 23.5. The Morgan fingerprint density at radius 1 is 0.500 bits per heavy atom. The van der Waals surface area contributed by atoms with E-state index in [1.165, 1.54) is 23.1 Å². The number of hydrogen-bond acceptors (Lipinski definition) is 9. The van der Waals surface area contributed by atoms with Crippen LogP contribution in [0, 0.1) is 0 Å². The number of fused-ring (bicyclic) bond motifs is 4. The molecule has 2 aliphatic carbocycles. The minimum Gasteiger partial charge on any atom is -0.306 e. The van der Waals surface area contributed by atoms with Crippen molar-refractivity contribution in [3.05, 3.63) is 124 Å². The fourth-order valence-electron chi connectivity index (χ4n) is 6.21. The first-order valence-electron chi connectivity index (χ1n) is 14.2. The monoisotopic (exact) mass is 635 g/mol. The van der Waals surface area contributed by atoms with Crippen LogP contribution in [0.5, 0.6) is 0 Å². The third-order valence-corrected chi connectivity index (χ3v) is 10.1. The van der Waals surface area contributed by atoms with E-state index in [1.807, 2.05) is 36.4 Å².